The van der Waals surface area contributed by atoms with Gasteiger partial charge in [0, 0.05) is 10.5 Å². The van der Waals surface area contributed by atoms with Gasteiger partial charge >= 0.3 is 0 Å². The number of allylic oxidation sites excluding steroid dienone is 1. The molecule has 0 spiro atoms. The third-order valence-corrected chi connectivity index (χ3v) is 4.90. The van der Waals surface area contributed by atoms with Crippen LogP contribution in [0, 0.1) is 0 Å². The molecule has 2 nitrogen and oxygen atoms in total. The topological polar surface area (TPSA) is 26.3 Å². The van der Waals surface area contributed by atoms with E-state index >= 15 is 0 Å². The maximum atomic E-state index is 12.3. The summed E-state index contributed by atoms with van der Waals surface area (Å²) in [6.45, 7) is 5.06. The van der Waals surface area contributed by atoms with E-state index in [0.29, 0.717) is 0 Å². The molecule has 0 aromatic heterocycles. The van der Waals surface area contributed by atoms with Gasteiger partial charge in [0.1, 0.15) is 5.75 Å². The van der Waals surface area contributed by atoms with E-state index in [0.717, 1.165) is 48.5 Å². The van der Waals surface area contributed by atoms with Crippen molar-refractivity contribution in [3.05, 3.63) is 65.7 Å². The number of ketones is 1. The second kappa shape index (κ2) is 10.8. The molecule has 0 bridgehead atoms. The van der Waals surface area contributed by atoms with Crippen LogP contribution < -0.4 is 4.74 Å². The van der Waals surface area contributed by atoms with Crippen LogP contribution in [0.1, 0.15) is 49.0 Å². The molecule has 0 saturated carbocycles. The standard InChI is InChI=1S/C22H26O2S/c1-3-5-16-24-20-11-6-18(7-12-20)8-15-22(23)19-9-13-21(14-10-19)25-17-4-2/h6-15H,3-5,16-17H2,1-2H3. The van der Waals surface area contributed by atoms with Gasteiger partial charge in [-0.15, -0.1) is 11.8 Å². The maximum absolute atomic E-state index is 12.3. The Bertz CT molecular complexity index is 672. The highest BCUT2D eigenvalue weighted by Crippen LogP contribution is 2.19. The van der Waals surface area contributed by atoms with Gasteiger partial charge in [-0.1, -0.05) is 38.5 Å². The van der Waals surface area contributed by atoms with E-state index in [4.69, 9.17) is 4.74 Å². The van der Waals surface area contributed by atoms with Crippen LogP contribution in [0.25, 0.3) is 6.08 Å². The SMILES string of the molecule is CCCCOc1ccc(C=CC(=O)c2ccc(SCCC)cc2)cc1. The van der Waals surface area contributed by atoms with Gasteiger partial charge in [-0.3, -0.25) is 4.79 Å². The molecule has 2 aromatic carbocycles. The van der Waals surface area contributed by atoms with Crippen LogP contribution >= 0.6 is 11.8 Å². The minimum atomic E-state index is 0.0234. The Balaban J connectivity index is 1.90. The van der Waals surface area contributed by atoms with Crippen LogP contribution in [-0.4, -0.2) is 18.1 Å². The van der Waals surface area contributed by atoms with Gasteiger partial charge in [0.15, 0.2) is 5.78 Å². The van der Waals surface area contributed by atoms with Crippen molar-refractivity contribution in [3.63, 3.8) is 0 Å². The summed E-state index contributed by atoms with van der Waals surface area (Å²) in [5, 5.41) is 0. The smallest absolute Gasteiger partial charge is 0.185 e. The van der Waals surface area contributed by atoms with Gasteiger partial charge < -0.3 is 4.74 Å². The van der Waals surface area contributed by atoms with Crippen LogP contribution in [0.4, 0.5) is 0 Å². The predicted molar refractivity (Wildman–Crippen MR) is 108 cm³/mol. The van der Waals surface area contributed by atoms with Crippen molar-refractivity contribution in [1.82, 2.24) is 0 Å². The van der Waals surface area contributed by atoms with Gasteiger partial charge in [0.2, 0.25) is 0 Å². The summed E-state index contributed by atoms with van der Waals surface area (Å²) in [5.74, 6) is 2.00. The van der Waals surface area contributed by atoms with Gasteiger partial charge in [0.25, 0.3) is 0 Å². The number of hydrogen-bond donors (Lipinski definition) is 0. The fraction of sp³-hybridized carbons (Fsp3) is 0.318. The molecule has 0 heterocycles. The zero-order valence-corrected chi connectivity index (χ0v) is 15.9. The number of rotatable bonds is 10. The van der Waals surface area contributed by atoms with E-state index in [9.17, 15) is 4.79 Å². The lowest BCUT2D eigenvalue weighted by Gasteiger charge is -2.05. The zero-order valence-electron chi connectivity index (χ0n) is 15.0. The Morgan fingerprint density at radius 1 is 1.00 bits per heavy atom. The minimum Gasteiger partial charge on any atom is -0.494 e. The number of hydrogen-bond acceptors (Lipinski definition) is 3. The van der Waals surface area contributed by atoms with E-state index in [1.807, 2.05) is 66.4 Å². The summed E-state index contributed by atoms with van der Waals surface area (Å²) in [4.78, 5) is 13.5. The third-order valence-electron chi connectivity index (χ3n) is 3.69. The van der Waals surface area contributed by atoms with Gasteiger partial charge in [-0.25, -0.2) is 0 Å². The summed E-state index contributed by atoms with van der Waals surface area (Å²) in [6, 6.07) is 15.7. The second-order valence-electron chi connectivity index (χ2n) is 5.84. The molecule has 2 rings (SSSR count). The maximum Gasteiger partial charge on any atom is 0.185 e. The first kappa shape index (κ1) is 19.3. The quantitative estimate of drug-likeness (QED) is 0.218. The van der Waals surface area contributed by atoms with Gasteiger partial charge in [0.05, 0.1) is 6.61 Å². The Kier molecular flexibility index (Phi) is 8.33. The zero-order chi connectivity index (χ0) is 17.9. The van der Waals surface area contributed by atoms with Crippen molar-refractivity contribution in [2.75, 3.05) is 12.4 Å². The van der Waals surface area contributed by atoms with E-state index in [2.05, 4.69) is 13.8 Å². The van der Waals surface area contributed by atoms with Crippen LogP contribution in [0.5, 0.6) is 5.75 Å². The number of benzene rings is 2. The molecule has 0 aliphatic carbocycles. The van der Waals surface area contributed by atoms with Crippen LogP contribution in [0.15, 0.2) is 59.5 Å². The molecule has 0 aliphatic heterocycles. The Morgan fingerprint density at radius 3 is 2.36 bits per heavy atom. The monoisotopic (exact) mass is 354 g/mol. The Hall–Kier alpha value is -2.00. The Morgan fingerprint density at radius 2 is 1.72 bits per heavy atom. The largest absolute Gasteiger partial charge is 0.494 e. The molecule has 2 aromatic rings. The van der Waals surface area contributed by atoms with Crippen molar-refractivity contribution in [3.8, 4) is 5.75 Å². The second-order valence-corrected chi connectivity index (χ2v) is 7.01. The number of thioether (sulfide) groups is 1. The first-order valence-corrected chi connectivity index (χ1v) is 9.89. The molecule has 3 heteroatoms. The van der Waals surface area contributed by atoms with Crippen molar-refractivity contribution in [2.45, 2.75) is 38.0 Å². The number of ether oxygens (including phenoxy) is 1. The highest BCUT2D eigenvalue weighted by Gasteiger charge is 2.02. The lowest BCUT2D eigenvalue weighted by Crippen LogP contribution is -1.96. The molecular formula is C22H26O2S. The van der Waals surface area contributed by atoms with Crippen LogP contribution in [-0.2, 0) is 0 Å². The van der Waals surface area contributed by atoms with Crippen molar-refractivity contribution in [2.24, 2.45) is 0 Å². The number of carbonyl (C=O) groups excluding carboxylic acids is 1. The average Bonchev–Trinajstić information content (AvgIpc) is 2.66. The molecule has 0 atom stereocenters. The van der Waals surface area contributed by atoms with E-state index in [1.165, 1.54) is 4.90 Å². The van der Waals surface area contributed by atoms with Crippen molar-refractivity contribution >= 4 is 23.6 Å². The van der Waals surface area contributed by atoms with Crippen molar-refractivity contribution in [1.29, 1.82) is 0 Å². The number of unbranched alkanes of at least 4 members (excludes halogenated alkanes) is 1. The number of carbonyl (C=O) groups is 1. The summed E-state index contributed by atoms with van der Waals surface area (Å²) < 4.78 is 5.64. The molecular weight excluding hydrogens is 328 g/mol. The first-order chi connectivity index (χ1) is 12.2. The van der Waals surface area contributed by atoms with Gasteiger partial charge in [-0.2, -0.15) is 0 Å². The molecule has 0 amide bonds. The summed E-state index contributed by atoms with van der Waals surface area (Å²) in [7, 11) is 0. The minimum absolute atomic E-state index is 0.0234. The molecule has 0 aliphatic rings. The Labute approximate surface area is 155 Å². The van der Waals surface area contributed by atoms with E-state index in [1.54, 1.807) is 6.08 Å². The fourth-order valence-corrected chi connectivity index (χ4v) is 2.98. The van der Waals surface area contributed by atoms with Crippen LogP contribution in [0.2, 0.25) is 0 Å². The average molecular weight is 355 g/mol. The van der Waals surface area contributed by atoms with E-state index < -0.39 is 0 Å². The van der Waals surface area contributed by atoms with Gasteiger partial charge in [-0.05, 0) is 66.6 Å². The lowest BCUT2D eigenvalue weighted by molar-refractivity contribution is 0.104. The summed E-state index contributed by atoms with van der Waals surface area (Å²) in [5.41, 5.74) is 1.71. The third kappa shape index (κ3) is 6.79. The van der Waals surface area contributed by atoms with Crippen LogP contribution in [0.3, 0.4) is 0 Å². The molecule has 0 unspecified atom stereocenters. The summed E-state index contributed by atoms with van der Waals surface area (Å²) >= 11 is 1.82. The normalized spacial score (nSPS) is 11.0. The lowest BCUT2D eigenvalue weighted by atomic mass is 10.1. The molecule has 0 fully saturated rings. The molecule has 0 N–H and O–H groups in total. The highest BCUT2D eigenvalue weighted by atomic mass is 32.2. The highest BCUT2D eigenvalue weighted by molar-refractivity contribution is 7.99. The van der Waals surface area contributed by atoms with E-state index in [-0.39, 0.29) is 5.78 Å². The molecule has 0 radical (unpaired) electrons. The first-order valence-electron chi connectivity index (χ1n) is 8.91. The molecule has 25 heavy (non-hydrogen) atoms. The summed E-state index contributed by atoms with van der Waals surface area (Å²) in [6.07, 6.45) is 6.81. The predicted octanol–water partition coefficient (Wildman–Crippen LogP) is 6.26. The van der Waals surface area contributed by atoms with Crippen molar-refractivity contribution < 1.29 is 9.53 Å². The fourth-order valence-electron chi connectivity index (χ4n) is 2.21. The molecule has 0 saturated heterocycles. The molecule has 132 valence electrons.